The molecule has 132 valence electrons. The van der Waals surface area contributed by atoms with Crippen LogP contribution in [0.2, 0.25) is 0 Å². The Morgan fingerprint density at radius 1 is 1.17 bits per heavy atom. The minimum atomic E-state index is -3.17. The first-order valence-electron chi connectivity index (χ1n) is 8.01. The van der Waals surface area contributed by atoms with Gasteiger partial charge < -0.3 is 14.5 Å². The van der Waals surface area contributed by atoms with Crippen LogP contribution in [0, 0.1) is 5.92 Å². The van der Waals surface area contributed by atoms with Crippen molar-refractivity contribution < 1.29 is 17.9 Å². The van der Waals surface area contributed by atoms with E-state index in [9.17, 15) is 13.2 Å². The van der Waals surface area contributed by atoms with E-state index in [0.29, 0.717) is 26.2 Å². The molecule has 1 aromatic carbocycles. The minimum absolute atomic E-state index is 0.0696. The maximum Gasteiger partial charge on any atom is 0.228 e. The lowest BCUT2D eigenvalue weighted by molar-refractivity contribution is -0.139. The van der Waals surface area contributed by atoms with E-state index in [0.717, 1.165) is 24.5 Å². The van der Waals surface area contributed by atoms with Gasteiger partial charge in [-0.15, -0.1) is 0 Å². The Bertz CT molecular complexity index is 708. The van der Waals surface area contributed by atoms with Crippen molar-refractivity contribution in [1.82, 2.24) is 9.21 Å². The molecule has 0 atom stereocenters. The molecule has 1 aromatic rings. The van der Waals surface area contributed by atoms with Gasteiger partial charge in [0.05, 0.1) is 19.3 Å². The van der Waals surface area contributed by atoms with Gasteiger partial charge in [0.1, 0.15) is 5.75 Å². The molecular formula is C16H23N3O4S. The highest BCUT2D eigenvalue weighted by Gasteiger charge is 2.40. The molecule has 7 nitrogen and oxygen atoms in total. The van der Waals surface area contributed by atoms with Crippen LogP contribution in [-0.4, -0.2) is 76.2 Å². The summed E-state index contributed by atoms with van der Waals surface area (Å²) < 4.78 is 29.4. The fraction of sp³-hybridized carbons (Fsp3) is 0.562. The van der Waals surface area contributed by atoms with E-state index in [2.05, 4.69) is 4.90 Å². The van der Waals surface area contributed by atoms with Gasteiger partial charge in [0.2, 0.25) is 15.9 Å². The second-order valence-electron chi connectivity index (χ2n) is 6.29. The number of carbonyl (C=O) groups is 1. The zero-order valence-corrected chi connectivity index (χ0v) is 14.8. The van der Waals surface area contributed by atoms with Crippen LogP contribution in [-0.2, 0) is 14.8 Å². The number of carbonyl (C=O) groups excluding carboxylic acids is 1. The van der Waals surface area contributed by atoms with Gasteiger partial charge in [-0.3, -0.25) is 4.79 Å². The Balaban J connectivity index is 1.53. The number of amides is 1. The van der Waals surface area contributed by atoms with E-state index in [-0.39, 0.29) is 11.8 Å². The van der Waals surface area contributed by atoms with E-state index in [4.69, 9.17) is 4.74 Å². The van der Waals surface area contributed by atoms with Gasteiger partial charge in [-0.1, -0.05) is 6.07 Å². The molecule has 2 saturated heterocycles. The lowest BCUT2D eigenvalue weighted by Gasteiger charge is -2.42. The van der Waals surface area contributed by atoms with Gasteiger partial charge in [-0.25, -0.2) is 12.7 Å². The van der Waals surface area contributed by atoms with Crippen LogP contribution in [0.3, 0.4) is 0 Å². The summed E-state index contributed by atoms with van der Waals surface area (Å²) in [6, 6.07) is 7.90. The van der Waals surface area contributed by atoms with Gasteiger partial charge >= 0.3 is 0 Å². The first-order chi connectivity index (χ1) is 11.4. The number of sulfonamides is 1. The number of rotatable bonds is 4. The van der Waals surface area contributed by atoms with Gasteiger partial charge in [0.15, 0.2) is 0 Å². The van der Waals surface area contributed by atoms with E-state index in [1.807, 2.05) is 29.2 Å². The molecule has 3 rings (SSSR count). The highest BCUT2D eigenvalue weighted by Crippen LogP contribution is 2.24. The number of piperazine rings is 1. The first-order valence-corrected chi connectivity index (χ1v) is 9.86. The largest absolute Gasteiger partial charge is 0.497 e. The molecule has 0 radical (unpaired) electrons. The number of methoxy groups -OCH3 is 1. The molecule has 24 heavy (non-hydrogen) atoms. The molecule has 0 bridgehead atoms. The third-order valence-electron chi connectivity index (χ3n) is 4.68. The zero-order chi connectivity index (χ0) is 17.3. The molecule has 2 fully saturated rings. The number of anilines is 1. The summed E-state index contributed by atoms with van der Waals surface area (Å²) in [6.07, 6.45) is 1.18. The topological polar surface area (TPSA) is 70.2 Å². The monoisotopic (exact) mass is 353 g/mol. The molecule has 2 aliphatic rings. The molecule has 0 aromatic heterocycles. The molecule has 0 N–H and O–H groups in total. The van der Waals surface area contributed by atoms with Crippen LogP contribution >= 0.6 is 0 Å². The Hall–Kier alpha value is -1.80. The fourth-order valence-corrected chi connectivity index (χ4v) is 4.02. The molecule has 0 unspecified atom stereocenters. The molecule has 0 saturated carbocycles. The summed E-state index contributed by atoms with van der Waals surface area (Å²) in [7, 11) is -1.53. The van der Waals surface area contributed by atoms with Crippen molar-refractivity contribution in [2.75, 3.05) is 57.5 Å². The predicted octanol–water partition coefficient (Wildman–Crippen LogP) is 0.235. The second-order valence-corrected chi connectivity index (χ2v) is 8.27. The van der Waals surface area contributed by atoms with Crippen LogP contribution in [0.15, 0.2) is 24.3 Å². The number of hydrogen-bond donors (Lipinski definition) is 0. The second kappa shape index (κ2) is 6.60. The molecular weight excluding hydrogens is 330 g/mol. The summed E-state index contributed by atoms with van der Waals surface area (Å²) in [6.45, 7) is 3.47. The van der Waals surface area contributed by atoms with Crippen LogP contribution in [0.4, 0.5) is 5.69 Å². The third kappa shape index (κ3) is 3.49. The quantitative estimate of drug-likeness (QED) is 0.775. The molecule has 2 heterocycles. The Labute approximate surface area is 142 Å². The molecule has 0 aliphatic carbocycles. The van der Waals surface area contributed by atoms with E-state index < -0.39 is 10.0 Å². The first kappa shape index (κ1) is 17.0. The van der Waals surface area contributed by atoms with Gasteiger partial charge in [-0.2, -0.15) is 0 Å². The smallest absolute Gasteiger partial charge is 0.228 e. The fourth-order valence-electron chi connectivity index (χ4n) is 3.12. The van der Waals surface area contributed by atoms with Gasteiger partial charge in [0, 0.05) is 51.0 Å². The normalized spacial score (nSPS) is 19.9. The Kier molecular flexibility index (Phi) is 4.69. The van der Waals surface area contributed by atoms with E-state index in [1.165, 1.54) is 10.6 Å². The Morgan fingerprint density at radius 3 is 2.42 bits per heavy atom. The number of ether oxygens (including phenoxy) is 1. The van der Waals surface area contributed by atoms with Crippen molar-refractivity contribution in [3.63, 3.8) is 0 Å². The predicted molar refractivity (Wildman–Crippen MR) is 91.7 cm³/mol. The lowest BCUT2D eigenvalue weighted by atomic mass is 10.0. The molecule has 2 aliphatic heterocycles. The van der Waals surface area contributed by atoms with E-state index in [1.54, 1.807) is 7.11 Å². The van der Waals surface area contributed by atoms with E-state index >= 15 is 0 Å². The summed E-state index contributed by atoms with van der Waals surface area (Å²) in [5.74, 6) is 0.699. The highest BCUT2D eigenvalue weighted by atomic mass is 32.2. The summed E-state index contributed by atoms with van der Waals surface area (Å²) in [5, 5.41) is 0. The summed E-state index contributed by atoms with van der Waals surface area (Å²) >= 11 is 0. The van der Waals surface area contributed by atoms with Crippen LogP contribution in [0.25, 0.3) is 0 Å². The molecule has 0 spiro atoms. The number of nitrogens with zero attached hydrogens (tertiary/aromatic N) is 3. The van der Waals surface area contributed by atoms with Crippen molar-refractivity contribution in [1.29, 1.82) is 0 Å². The van der Waals surface area contributed by atoms with Crippen molar-refractivity contribution >= 4 is 21.6 Å². The summed E-state index contributed by atoms with van der Waals surface area (Å²) in [5.41, 5.74) is 1.09. The van der Waals surface area contributed by atoms with Crippen molar-refractivity contribution in [3.8, 4) is 5.75 Å². The third-order valence-corrected chi connectivity index (χ3v) is 5.91. The zero-order valence-electron chi connectivity index (χ0n) is 14.0. The van der Waals surface area contributed by atoms with Crippen molar-refractivity contribution in [3.05, 3.63) is 24.3 Å². The standard InChI is InChI=1S/C16H23N3O4S/c1-23-15-5-3-4-14(10-15)17-6-8-18(9-7-17)16(20)13-11-19(12-13)24(2,21)22/h3-5,10,13H,6-9,11-12H2,1-2H3. The Morgan fingerprint density at radius 2 is 1.83 bits per heavy atom. The average molecular weight is 353 g/mol. The molecule has 8 heteroatoms. The maximum absolute atomic E-state index is 12.5. The minimum Gasteiger partial charge on any atom is -0.497 e. The number of hydrogen-bond acceptors (Lipinski definition) is 5. The molecule has 1 amide bonds. The van der Waals surface area contributed by atoms with Crippen LogP contribution in [0.5, 0.6) is 5.75 Å². The maximum atomic E-state index is 12.5. The van der Waals surface area contributed by atoms with Crippen LogP contribution < -0.4 is 9.64 Å². The number of benzene rings is 1. The van der Waals surface area contributed by atoms with Crippen molar-refractivity contribution in [2.45, 2.75) is 0 Å². The average Bonchev–Trinajstić information content (AvgIpc) is 2.52. The van der Waals surface area contributed by atoms with Crippen molar-refractivity contribution in [2.24, 2.45) is 5.92 Å². The van der Waals surface area contributed by atoms with Gasteiger partial charge in [-0.05, 0) is 12.1 Å². The van der Waals surface area contributed by atoms with Crippen LogP contribution in [0.1, 0.15) is 0 Å². The van der Waals surface area contributed by atoms with Gasteiger partial charge in [0.25, 0.3) is 0 Å². The SMILES string of the molecule is COc1cccc(N2CCN(C(=O)C3CN(S(C)(=O)=O)C3)CC2)c1. The highest BCUT2D eigenvalue weighted by molar-refractivity contribution is 7.88. The lowest BCUT2D eigenvalue weighted by Crippen LogP contribution is -2.58. The summed E-state index contributed by atoms with van der Waals surface area (Å²) in [4.78, 5) is 16.5.